The molecule has 2 aromatic carbocycles. The molecule has 0 heterocycles. The molecule has 0 radical (unpaired) electrons. The lowest BCUT2D eigenvalue weighted by molar-refractivity contribution is -0.125. The molecule has 2 saturated carbocycles. The van der Waals surface area contributed by atoms with Crippen LogP contribution >= 0.6 is 11.6 Å². The lowest BCUT2D eigenvalue weighted by Crippen LogP contribution is -2.42. The lowest BCUT2D eigenvalue weighted by atomic mass is 9.84. The van der Waals surface area contributed by atoms with Gasteiger partial charge in [-0.3, -0.25) is 9.52 Å². The zero-order valence-corrected chi connectivity index (χ0v) is 23.4. The Hall–Kier alpha value is -2.98. The van der Waals surface area contributed by atoms with Crippen LogP contribution in [0.2, 0.25) is 5.02 Å². The first-order chi connectivity index (χ1) is 18.0. The molecule has 11 heteroatoms. The minimum absolute atomic E-state index is 0.0150. The normalized spacial score (nSPS) is 21.0. The number of ether oxygens (including phenoxy) is 3. The minimum atomic E-state index is -4.13. The van der Waals surface area contributed by atoms with E-state index in [-0.39, 0.29) is 38.9 Å². The van der Waals surface area contributed by atoms with E-state index in [9.17, 15) is 18.0 Å². The van der Waals surface area contributed by atoms with E-state index in [0.29, 0.717) is 23.1 Å². The number of rotatable bonds is 10. The first-order valence-electron chi connectivity index (χ1n) is 12.5. The van der Waals surface area contributed by atoms with E-state index in [4.69, 9.17) is 25.8 Å². The molecule has 0 unspecified atom stereocenters. The van der Waals surface area contributed by atoms with Crippen LogP contribution in [0.3, 0.4) is 0 Å². The van der Waals surface area contributed by atoms with Gasteiger partial charge >= 0.3 is 5.97 Å². The fourth-order valence-electron chi connectivity index (χ4n) is 5.65. The van der Waals surface area contributed by atoms with Crippen molar-refractivity contribution in [3.05, 3.63) is 46.5 Å². The summed E-state index contributed by atoms with van der Waals surface area (Å²) in [6.07, 6.45) is 4.88. The van der Waals surface area contributed by atoms with Crippen molar-refractivity contribution in [2.45, 2.75) is 50.5 Å². The summed E-state index contributed by atoms with van der Waals surface area (Å²) in [7, 11) is -1.32. The maximum absolute atomic E-state index is 13.1. The Labute approximate surface area is 228 Å². The number of benzene rings is 2. The summed E-state index contributed by atoms with van der Waals surface area (Å²) >= 11 is 6.16. The third-order valence-corrected chi connectivity index (χ3v) is 9.27. The zero-order valence-electron chi connectivity index (χ0n) is 21.9. The van der Waals surface area contributed by atoms with E-state index in [1.807, 2.05) is 6.92 Å². The second-order valence-electron chi connectivity index (χ2n) is 10.0. The highest BCUT2D eigenvalue weighted by Gasteiger charge is 2.42. The van der Waals surface area contributed by atoms with E-state index >= 15 is 0 Å². The number of nitrogens with one attached hydrogen (secondary N) is 2. The van der Waals surface area contributed by atoms with Gasteiger partial charge < -0.3 is 19.5 Å². The topological polar surface area (TPSA) is 120 Å². The second kappa shape index (κ2) is 11.4. The molecular formula is C27H33ClN2O7S. The Morgan fingerprint density at radius 1 is 1.08 bits per heavy atom. The maximum atomic E-state index is 13.1. The Bertz CT molecular complexity index is 1330. The number of anilines is 1. The number of amides is 1. The van der Waals surface area contributed by atoms with Gasteiger partial charge in [-0.25, -0.2) is 13.2 Å². The van der Waals surface area contributed by atoms with Crippen LogP contribution in [-0.2, 0) is 19.6 Å². The first-order valence-corrected chi connectivity index (χ1v) is 14.4. The summed E-state index contributed by atoms with van der Waals surface area (Å²) in [5.74, 6) is 1.25. The van der Waals surface area contributed by atoms with Crippen molar-refractivity contribution in [2.75, 3.05) is 25.5 Å². The molecule has 2 bridgehead atoms. The van der Waals surface area contributed by atoms with Gasteiger partial charge in [-0.05, 0) is 74.6 Å². The number of halogens is 1. The monoisotopic (exact) mass is 564 g/mol. The summed E-state index contributed by atoms with van der Waals surface area (Å²) in [4.78, 5) is 25.1. The number of esters is 1. The molecule has 2 aliphatic carbocycles. The number of sulfonamides is 1. The van der Waals surface area contributed by atoms with Gasteiger partial charge in [-0.2, -0.15) is 0 Å². The Balaban J connectivity index is 1.42. The van der Waals surface area contributed by atoms with Crippen LogP contribution in [0.15, 0.2) is 35.2 Å². The molecule has 0 saturated heterocycles. The highest BCUT2D eigenvalue weighted by Crippen LogP contribution is 2.49. The van der Waals surface area contributed by atoms with Gasteiger partial charge in [-0.15, -0.1) is 0 Å². The van der Waals surface area contributed by atoms with Crippen LogP contribution in [0, 0.1) is 24.7 Å². The quantitative estimate of drug-likeness (QED) is 0.406. The summed E-state index contributed by atoms with van der Waals surface area (Å²) in [5, 5.41) is 3.15. The van der Waals surface area contributed by atoms with E-state index in [1.54, 1.807) is 6.92 Å². The molecular weight excluding hydrogens is 532 g/mol. The van der Waals surface area contributed by atoms with Crippen molar-refractivity contribution in [3.8, 4) is 11.5 Å². The summed E-state index contributed by atoms with van der Waals surface area (Å²) in [6.45, 7) is 3.21. The van der Waals surface area contributed by atoms with Gasteiger partial charge in [0, 0.05) is 12.1 Å². The first kappa shape index (κ1) is 28.0. The predicted octanol–water partition coefficient (Wildman–Crippen LogP) is 4.56. The molecule has 0 aliphatic heterocycles. The number of methoxy groups -OCH3 is 2. The van der Waals surface area contributed by atoms with Crippen molar-refractivity contribution in [1.82, 2.24) is 5.32 Å². The van der Waals surface area contributed by atoms with Gasteiger partial charge in [0.15, 0.2) is 6.61 Å². The van der Waals surface area contributed by atoms with E-state index in [1.165, 1.54) is 63.8 Å². The molecule has 2 fully saturated rings. The molecule has 0 spiro atoms. The fourth-order valence-corrected chi connectivity index (χ4v) is 6.98. The molecule has 1 amide bonds. The molecule has 2 aliphatic rings. The summed E-state index contributed by atoms with van der Waals surface area (Å²) in [5.41, 5.74) is 0.653. The van der Waals surface area contributed by atoms with E-state index < -0.39 is 22.6 Å². The number of carbonyl (C=O) groups excluding carboxylic acids is 2. The number of hydrogen-bond donors (Lipinski definition) is 2. The highest BCUT2D eigenvalue weighted by molar-refractivity contribution is 7.92. The van der Waals surface area contributed by atoms with Crippen LogP contribution in [0.4, 0.5) is 5.69 Å². The smallest absolute Gasteiger partial charge is 0.338 e. The number of aryl methyl sites for hydroxylation is 1. The number of hydrogen-bond acceptors (Lipinski definition) is 7. The van der Waals surface area contributed by atoms with Crippen LogP contribution in [0.5, 0.6) is 11.5 Å². The van der Waals surface area contributed by atoms with Crippen LogP contribution in [0.1, 0.15) is 48.5 Å². The third kappa shape index (κ3) is 6.02. The molecule has 2 N–H and O–H groups in total. The standard InChI is InChI=1S/C27H33ClN2O7S/c1-15-5-8-19(38(33,34)30-23-12-22(28)24(35-3)13-25(23)36-4)11-20(15)27(32)37-14-26(31)29-16(2)21-10-17-6-7-18(21)9-17/h5,8,11-13,16-18,21,30H,6-7,9-10,14H2,1-4H3,(H,29,31)/t16-,17-,18-,21+/m0/s1. The Kier molecular flexibility index (Phi) is 8.42. The minimum Gasteiger partial charge on any atom is -0.495 e. The van der Waals surface area contributed by atoms with Crippen molar-refractivity contribution < 1.29 is 32.2 Å². The predicted molar refractivity (Wildman–Crippen MR) is 143 cm³/mol. The second-order valence-corrected chi connectivity index (χ2v) is 12.1. The van der Waals surface area contributed by atoms with Gasteiger partial charge in [0.25, 0.3) is 15.9 Å². The summed E-state index contributed by atoms with van der Waals surface area (Å²) < 4.78 is 44.3. The van der Waals surface area contributed by atoms with Gasteiger partial charge in [0.2, 0.25) is 0 Å². The van der Waals surface area contributed by atoms with E-state index in [2.05, 4.69) is 10.0 Å². The fraction of sp³-hybridized carbons (Fsp3) is 0.481. The largest absolute Gasteiger partial charge is 0.495 e. The molecule has 206 valence electrons. The molecule has 4 atom stereocenters. The average molecular weight is 565 g/mol. The molecule has 9 nitrogen and oxygen atoms in total. The highest BCUT2D eigenvalue weighted by atomic mass is 35.5. The molecule has 4 rings (SSSR count). The van der Waals surface area contributed by atoms with Gasteiger partial charge in [0.05, 0.1) is 35.4 Å². The summed E-state index contributed by atoms with van der Waals surface area (Å²) in [6, 6.07) is 6.93. The van der Waals surface area contributed by atoms with Crippen molar-refractivity contribution in [2.24, 2.45) is 17.8 Å². The van der Waals surface area contributed by atoms with Crippen molar-refractivity contribution in [3.63, 3.8) is 0 Å². The van der Waals surface area contributed by atoms with Gasteiger partial charge in [0.1, 0.15) is 11.5 Å². The number of carbonyl (C=O) groups is 2. The maximum Gasteiger partial charge on any atom is 0.338 e. The third-order valence-electron chi connectivity index (χ3n) is 7.62. The molecule has 38 heavy (non-hydrogen) atoms. The van der Waals surface area contributed by atoms with Crippen molar-refractivity contribution in [1.29, 1.82) is 0 Å². The van der Waals surface area contributed by atoms with Crippen molar-refractivity contribution >= 4 is 39.2 Å². The molecule has 0 aromatic heterocycles. The Morgan fingerprint density at radius 2 is 1.82 bits per heavy atom. The lowest BCUT2D eigenvalue weighted by Gasteiger charge is -2.28. The van der Waals surface area contributed by atoms with Crippen LogP contribution in [0.25, 0.3) is 0 Å². The Morgan fingerprint density at radius 3 is 2.45 bits per heavy atom. The van der Waals surface area contributed by atoms with E-state index in [0.717, 1.165) is 12.3 Å². The van der Waals surface area contributed by atoms with Gasteiger partial charge in [-0.1, -0.05) is 24.1 Å². The van der Waals surface area contributed by atoms with Crippen LogP contribution < -0.4 is 19.5 Å². The number of fused-ring (bicyclic) bond motifs is 2. The van der Waals surface area contributed by atoms with Crippen LogP contribution in [-0.4, -0.2) is 47.2 Å². The molecule has 2 aromatic rings. The average Bonchev–Trinajstić information content (AvgIpc) is 3.51. The zero-order chi connectivity index (χ0) is 27.6. The SMILES string of the molecule is COc1cc(OC)c(NS(=O)(=O)c2ccc(C)c(C(=O)OCC(=O)N[C@@H](C)[C@H]3C[C@H]4CC[C@H]3C4)c2)cc1Cl.